The minimum Gasteiger partial charge on any atom is -0.240 e. The molecule has 0 saturated heterocycles. The second-order valence-electron chi connectivity index (χ2n) is 5.94. The number of rotatable bonds is 4. The lowest BCUT2D eigenvalue weighted by Crippen LogP contribution is -2.04. The molecule has 1 aromatic heterocycles. The number of nitrogens with zero attached hydrogens (tertiary/aromatic N) is 3. The summed E-state index contributed by atoms with van der Waals surface area (Å²) in [5.41, 5.74) is 5.09. The Balaban J connectivity index is 1.82. The van der Waals surface area contributed by atoms with Gasteiger partial charge in [-0.15, -0.1) is 5.10 Å². The highest BCUT2D eigenvalue weighted by Gasteiger charge is 2.17. The van der Waals surface area contributed by atoms with Crippen molar-refractivity contribution in [2.75, 3.05) is 0 Å². The van der Waals surface area contributed by atoms with Crippen LogP contribution in [0.15, 0.2) is 83.3 Å². The van der Waals surface area contributed by atoms with Crippen molar-refractivity contribution in [2.24, 2.45) is 0 Å². The summed E-state index contributed by atoms with van der Waals surface area (Å²) in [6.07, 6.45) is 0. The summed E-state index contributed by atoms with van der Waals surface area (Å²) in [6.45, 7) is 0.644. The molecule has 4 rings (SSSR count). The largest absolute Gasteiger partial charge is 0.240 e. The molecule has 3 nitrogen and oxygen atoms in total. The van der Waals surface area contributed by atoms with Gasteiger partial charge in [0.1, 0.15) is 5.69 Å². The molecule has 3 aromatic carbocycles. The lowest BCUT2D eigenvalue weighted by molar-refractivity contribution is 0.655. The first-order chi connectivity index (χ1) is 12.7. The van der Waals surface area contributed by atoms with Gasteiger partial charge in [-0.25, -0.2) is 4.68 Å². The Morgan fingerprint density at radius 1 is 0.808 bits per heavy atom. The van der Waals surface area contributed by atoms with E-state index in [1.165, 1.54) is 0 Å². The standard InChI is InChI=1S/C21H15BrClN3/c22-18-10-6-15(7-11-18)14-26-21(17-8-12-19(23)13-9-17)20(24-25-26)16-4-2-1-3-5-16/h1-13H,14H2. The fourth-order valence-corrected chi connectivity index (χ4v) is 3.26. The topological polar surface area (TPSA) is 30.7 Å². The van der Waals surface area contributed by atoms with Crippen molar-refractivity contribution in [3.05, 3.63) is 93.9 Å². The molecule has 0 radical (unpaired) electrons. The third-order valence-corrected chi connectivity index (χ3v) is 4.93. The lowest BCUT2D eigenvalue weighted by atomic mass is 10.0. The van der Waals surface area contributed by atoms with E-state index in [0.717, 1.165) is 32.6 Å². The predicted octanol–water partition coefficient (Wildman–Crippen LogP) is 6.08. The fourth-order valence-electron chi connectivity index (χ4n) is 2.87. The Hall–Kier alpha value is -2.43. The van der Waals surface area contributed by atoms with Crippen LogP contribution in [0.5, 0.6) is 0 Å². The van der Waals surface area contributed by atoms with Crippen LogP contribution < -0.4 is 0 Å². The number of halogens is 2. The van der Waals surface area contributed by atoms with Crippen molar-refractivity contribution < 1.29 is 0 Å². The maximum atomic E-state index is 6.07. The zero-order valence-corrected chi connectivity index (χ0v) is 16.2. The summed E-state index contributed by atoms with van der Waals surface area (Å²) in [5.74, 6) is 0. The average Bonchev–Trinajstić information content (AvgIpc) is 3.08. The lowest BCUT2D eigenvalue weighted by Gasteiger charge is -2.09. The van der Waals surface area contributed by atoms with Gasteiger partial charge in [0, 0.05) is 20.6 Å². The molecule has 0 aliphatic heterocycles. The van der Waals surface area contributed by atoms with Gasteiger partial charge >= 0.3 is 0 Å². The van der Waals surface area contributed by atoms with Crippen LogP contribution in [0.2, 0.25) is 5.02 Å². The quantitative estimate of drug-likeness (QED) is 0.398. The predicted molar refractivity (Wildman–Crippen MR) is 109 cm³/mol. The van der Waals surface area contributed by atoms with Crippen molar-refractivity contribution in [1.82, 2.24) is 15.0 Å². The second kappa shape index (κ2) is 7.44. The Labute approximate surface area is 165 Å². The van der Waals surface area contributed by atoms with Gasteiger partial charge in [0.15, 0.2) is 0 Å². The number of hydrogen-bond donors (Lipinski definition) is 0. The van der Waals surface area contributed by atoms with E-state index >= 15 is 0 Å². The van der Waals surface area contributed by atoms with E-state index in [-0.39, 0.29) is 0 Å². The van der Waals surface area contributed by atoms with Crippen LogP contribution in [0.25, 0.3) is 22.5 Å². The number of aromatic nitrogens is 3. The van der Waals surface area contributed by atoms with Gasteiger partial charge < -0.3 is 0 Å². The highest BCUT2D eigenvalue weighted by Crippen LogP contribution is 2.31. The van der Waals surface area contributed by atoms with Crippen LogP contribution in [0.1, 0.15) is 5.56 Å². The van der Waals surface area contributed by atoms with E-state index in [4.69, 9.17) is 11.6 Å². The summed E-state index contributed by atoms with van der Waals surface area (Å²) in [4.78, 5) is 0. The maximum Gasteiger partial charge on any atom is 0.121 e. The molecule has 0 aliphatic rings. The summed E-state index contributed by atoms with van der Waals surface area (Å²) in [5, 5.41) is 9.61. The van der Waals surface area contributed by atoms with Crippen molar-refractivity contribution >= 4 is 27.5 Å². The van der Waals surface area contributed by atoms with Gasteiger partial charge in [0.05, 0.1) is 12.2 Å². The number of hydrogen-bond acceptors (Lipinski definition) is 2. The molecule has 0 N–H and O–H groups in total. The molecule has 5 heteroatoms. The van der Waals surface area contributed by atoms with Crippen LogP contribution in [0.4, 0.5) is 0 Å². The van der Waals surface area contributed by atoms with Crippen LogP contribution in [0.3, 0.4) is 0 Å². The minimum absolute atomic E-state index is 0.644. The highest BCUT2D eigenvalue weighted by atomic mass is 79.9. The zero-order chi connectivity index (χ0) is 17.9. The molecular formula is C21H15BrClN3. The van der Waals surface area contributed by atoms with E-state index in [2.05, 4.69) is 38.4 Å². The van der Waals surface area contributed by atoms with Gasteiger partial charge in [0.25, 0.3) is 0 Å². The molecule has 0 aliphatic carbocycles. The average molecular weight is 425 g/mol. The summed E-state index contributed by atoms with van der Waals surface area (Å²) < 4.78 is 3.00. The smallest absolute Gasteiger partial charge is 0.121 e. The first kappa shape index (κ1) is 17.0. The van der Waals surface area contributed by atoms with Crippen molar-refractivity contribution in [2.45, 2.75) is 6.54 Å². The van der Waals surface area contributed by atoms with Crippen LogP contribution in [0, 0.1) is 0 Å². The van der Waals surface area contributed by atoms with Gasteiger partial charge in [-0.3, -0.25) is 0 Å². The first-order valence-corrected chi connectivity index (χ1v) is 9.37. The van der Waals surface area contributed by atoms with Gasteiger partial charge in [-0.1, -0.05) is 87.3 Å². The molecule has 26 heavy (non-hydrogen) atoms. The maximum absolute atomic E-state index is 6.07. The van der Waals surface area contributed by atoms with Crippen molar-refractivity contribution in [3.63, 3.8) is 0 Å². The van der Waals surface area contributed by atoms with Gasteiger partial charge in [-0.05, 0) is 29.8 Å². The Morgan fingerprint density at radius 2 is 1.50 bits per heavy atom. The van der Waals surface area contributed by atoms with E-state index in [0.29, 0.717) is 11.6 Å². The summed E-state index contributed by atoms with van der Waals surface area (Å²) >= 11 is 9.55. The molecule has 0 spiro atoms. The van der Waals surface area contributed by atoms with E-state index in [1.807, 2.05) is 71.4 Å². The molecule has 4 aromatic rings. The van der Waals surface area contributed by atoms with Gasteiger partial charge in [0.2, 0.25) is 0 Å². The minimum atomic E-state index is 0.644. The molecule has 0 amide bonds. The van der Waals surface area contributed by atoms with Gasteiger partial charge in [-0.2, -0.15) is 0 Å². The summed E-state index contributed by atoms with van der Waals surface area (Å²) in [6, 6.07) is 26.1. The molecule has 0 unspecified atom stereocenters. The monoisotopic (exact) mass is 423 g/mol. The van der Waals surface area contributed by atoms with Crippen LogP contribution >= 0.6 is 27.5 Å². The zero-order valence-electron chi connectivity index (χ0n) is 13.8. The molecule has 1 heterocycles. The molecule has 0 saturated carbocycles. The molecular weight excluding hydrogens is 410 g/mol. The second-order valence-corrected chi connectivity index (χ2v) is 7.30. The van der Waals surface area contributed by atoms with E-state index in [9.17, 15) is 0 Å². The van der Waals surface area contributed by atoms with Crippen LogP contribution in [-0.4, -0.2) is 15.0 Å². The Bertz CT molecular complexity index is 1010. The van der Waals surface area contributed by atoms with Crippen molar-refractivity contribution in [3.8, 4) is 22.5 Å². The molecule has 0 atom stereocenters. The van der Waals surface area contributed by atoms with Crippen LogP contribution in [-0.2, 0) is 6.54 Å². The molecule has 128 valence electrons. The third-order valence-electron chi connectivity index (χ3n) is 4.15. The Morgan fingerprint density at radius 3 is 2.19 bits per heavy atom. The highest BCUT2D eigenvalue weighted by molar-refractivity contribution is 9.10. The molecule has 0 bridgehead atoms. The Kier molecular flexibility index (Phi) is 4.87. The fraction of sp³-hybridized carbons (Fsp3) is 0.0476. The first-order valence-electron chi connectivity index (χ1n) is 8.20. The summed E-state index contributed by atoms with van der Waals surface area (Å²) in [7, 11) is 0. The van der Waals surface area contributed by atoms with Crippen molar-refractivity contribution in [1.29, 1.82) is 0 Å². The SMILES string of the molecule is Clc1ccc(-c2c(-c3ccccc3)nnn2Cc2ccc(Br)cc2)cc1. The molecule has 0 fully saturated rings. The third kappa shape index (κ3) is 3.57. The number of benzene rings is 3. The van der Waals surface area contributed by atoms with E-state index in [1.54, 1.807) is 0 Å². The normalized spacial score (nSPS) is 10.8. The van der Waals surface area contributed by atoms with E-state index < -0.39 is 0 Å².